The molecule has 5 rings (SSSR count). The lowest BCUT2D eigenvalue weighted by Crippen LogP contribution is -2.63. The molecule has 4 bridgehead atoms. The van der Waals surface area contributed by atoms with E-state index < -0.39 is 136 Å². The molecule has 3 aliphatic rings. The number of alkyl carbamates (subject to hydrolysis) is 1. The Balaban J connectivity index is 1.34. The summed E-state index contributed by atoms with van der Waals surface area (Å²) in [5.41, 5.74) is 3.17. The summed E-state index contributed by atoms with van der Waals surface area (Å²) in [5, 5.41) is 25.3. The number of fused-ring (bicyclic) bond motifs is 5. The van der Waals surface area contributed by atoms with Crippen molar-refractivity contribution >= 4 is 87.0 Å². The average Bonchev–Trinajstić information content (AvgIpc) is 1.72. The average molecular weight is 1310 g/mol. The second-order valence-corrected chi connectivity index (χ2v) is 23.6. The lowest BCUT2D eigenvalue weighted by molar-refractivity contribution is -0.157. The SMILES string of the molecule is C=C(CBr)C(=O)OCCCCC(C=O)N[C@H](C(=O)N[C@@H](CCCNC(N)=O)C(=O)Nc1cc(F)c(C(=O)N(C)[C@@H](C)C(=O)O[C@H]2CCN(C)c3cc(cc(OC)c3Cl)C/C(C)=C/C=C/[C@@H](OC)[C@@]3(O)C[C@H](OC(=O)N3)[C@@H](C)[C@@H]3O[C@@]23C)cc1F)C(C)C. The van der Waals surface area contributed by atoms with E-state index in [4.69, 9.17) is 45.8 Å². The normalized spacial score (nSPS) is 24.4. The van der Waals surface area contributed by atoms with Crippen molar-refractivity contribution in [1.82, 2.24) is 26.2 Å². The van der Waals surface area contributed by atoms with Gasteiger partial charge in [0.15, 0.2) is 5.72 Å². The maximum atomic E-state index is 16.2. The van der Waals surface area contributed by atoms with Crippen LogP contribution in [0.5, 0.6) is 5.75 Å². The Kier molecular flexibility index (Phi) is 26.1. The van der Waals surface area contributed by atoms with E-state index in [0.717, 1.165) is 16.0 Å². The molecular formula is C60H82BrClF2N8O15. The Hall–Kier alpha value is -6.71. The molecule has 2 aromatic rings. The number of aliphatic hydroxyl groups is 1. The molecule has 87 heavy (non-hydrogen) atoms. The molecule has 8 N–H and O–H groups in total. The molecule has 0 aromatic heterocycles. The molecule has 23 nitrogen and oxygen atoms in total. The van der Waals surface area contributed by atoms with Gasteiger partial charge in [0.1, 0.15) is 64.7 Å². The summed E-state index contributed by atoms with van der Waals surface area (Å²) in [5.74, 6) is -7.52. The second kappa shape index (κ2) is 32.0. The summed E-state index contributed by atoms with van der Waals surface area (Å²) in [6, 6.07) is -0.706. The van der Waals surface area contributed by atoms with Gasteiger partial charge in [-0.05, 0) is 89.0 Å². The zero-order valence-electron chi connectivity index (χ0n) is 50.7. The smallest absolute Gasteiger partial charge is 0.409 e. The lowest BCUT2D eigenvalue weighted by Gasteiger charge is -2.42. The number of carbonyl (C=O) groups is 8. The van der Waals surface area contributed by atoms with Gasteiger partial charge in [0.05, 0.1) is 48.8 Å². The fourth-order valence-electron chi connectivity index (χ4n) is 10.4. The van der Waals surface area contributed by atoms with Gasteiger partial charge in [-0.3, -0.25) is 25.0 Å². The van der Waals surface area contributed by atoms with Crippen LogP contribution in [0.2, 0.25) is 5.02 Å². The summed E-state index contributed by atoms with van der Waals surface area (Å²) in [6.45, 7) is 14.0. The number of ether oxygens (including phenoxy) is 6. The van der Waals surface area contributed by atoms with Crippen LogP contribution in [0, 0.1) is 23.5 Å². The first-order valence-corrected chi connectivity index (χ1v) is 30.1. The number of esters is 2. The van der Waals surface area contributed by atoms with Crippen molar-refractivity contribution in [1.29, 1.82) is 0 Å². The van der Waals surface area contributed by atoms with Crippen molar-refractivity contribution in [2.45, 2.75) is 153 Å². The van der Waals surface area contributed by atoms with Gasteiger partial charge in [-0.2, -0.15) is 0 Å². The van der Waals surface area contributed by atoms with Crippen LogP contribution in [-0.2, 0) is 54.1 Å². The van der Waals surface area contributed by atoms with Crippen LogP contribution in [0.4, 0.5) is 29.7 Å². The number of nitrogens with zero attached hydrogens (tertiary/aromatic N) is 2. The number of primary amides is 1. The van der Waals surface area contributed by atoms with E-state index in [-0.39, 0.29) is 62.7 Å². The molecule has 6 amide bonds. The summed E-state index contributed by atoms with van der Waals surface area (Å²) < 4.78 is 67.1. The van der Waals surface area contributed by atoms with E-state index >= 15 is 8.78 Å². The van der Waals surface area contributed by atoms with Crippen LogP contribution in [-0.4, -0.2) is 171 Å². The van der Waals surface area contributed by atoms with Crippen molar-refractivity contribution in [3.05, 3.63) is 88.0 Å². The molecule has 480 valence electrons. The van der Waals surface area contributed by atoms with E-state index in [1.54, 1.807) is 46.9 Å². The first-order valence-electron chi connectivity index (χ1n) is 28.6. The largest absolute Gasteiger partial charge is 0.495 e. The zero-order chi connectivity index (χ0) is 64.7. The molecule has 11 atom stereocenters. The Bertz CT molecular complexity index is 2920. The number of urea groups is 1. The number of amides is 6. The number of nitrogens with one attached hydrogen (secondary N) is 5. The summed E-state index contributed by atoms with van der Waals surface area (Å²) in [6.07, 6.45) is 2.74. The molecule has 3 aliphatic heterocycles. The number of anilines is 2. The van der Waals surface area contributed by atoms with Gasteiger partial charge < -0.3 is 69.8 Å². The molecule has 2 aromatic carbocycles. The fraction of sp³-hybridized carbons (Fsp3) is 0.567. The number of nitrogens with two attached hydrogens (primary N) is 1. The number of carbonyl (C=O) groups excluding carboxylic acids is 8. The number of hydrogen-bond donors (Lipinski definition) is 7. The topological polar surface area (TPSA) is 308 Å². The number of halogens is 4. The van der Waals surface area contributed by atoms with E-state index in [0.29, 0.717) is 54.1 Å². The molecule has 3 heterocycles. The van der Waals surface area contributed by atoms with Crippen molar-refractivity contribution in [3.8, 4) is 5.75 Å². The van der Waals surface area contributed by atoms with Crippen LogP contribution in [0.1, 0.15) is 102 Å². The molecule has 0 spiro atoms. The molecular weight excluding hydrogens is 1230 g/mol. The quantitative estimate of drug-likeness (QED) is 0.0109. The van der Waals surface area contributed by atoms with Crippen molar-refractivity contribution in [2.75, 3.05) is 63.6 Å². The molecule has 1 unspecified atom stereocenters. The summed E-state index contributed by atoms with van der Waals surface area (Å²) in [7, 11) is 5.88. The monoisotopic (exact) mass is 1310 g/mol. The van der Waals surface area contributed by atoms with Crippen LogP contribution in [0.15, 0.2) is 60.2 Å². The zero-order valence-corrected chi connectivity index (χ0v) is 53.1. The number of rotatable bonds is 25. The van der Waals surface area contributed by atoms with Crippen LogP contribution in [0.3, 0.4) is 0 Å². The number of aldehydes is 1. The summed E-state index contributed by atoms with van der Waals surface area (Å²) in [4.78, 5) is 107. The predicted molar refractivity (Wildman–Crippen MR) is 323 cm³/mol. The molecule has 2 fully saturated rings. The minimum absolute atomic E-state index is 0.0204. The molecule has 27 heteroatoms. The van der Waals surface area contributed by atoms with E-state index in [1.807, 2.05) is 30.0 Å². The first kappa shape index (κ1) is 71.0. The second-order valence-electron chi connectivity index (χ2n) is 22.7. The number of epoxide rings is 1. The van der Waals surface area contributed by atoms with Crippen molar-refractivity contribution in [2.24, 2.45) is 17.6 Å². The highest BCUT2D eigenvalue weighted by atomic mass is 79.9. The first-order chi connectivity index (χ1) is 41.0. The van der Waals surface area contributed by atoms with Crippen molar-refractivity contribution in [3.63, 3.8) is 0 Å². The molecule has 0 saturated carbocycles. The molecule has 0 radical (unpaired) electrons. The molecule has 2 saturated heterocycles. The van der Waals surface area contributed by atoms with Gasteiger partial charge in [0.25, 0.3) is 5.91 Å². The van der Waals surface area contributed by atoms with E-state index in [2.05, 4.69) is 49.1 Å². The van der Waals surface area contributed by atoms with Gasteiger partial charge in [0.2, 0.25) is 11.8 Å². The number of unbranched alkanes of at least 4 members (excludes halogenated alkanes) is 1. The molecule has 0 aliphatic carbocycles. The number of alkyl halides is 1. The minimum atomic E-state index is -1.91. The van der Waals surface area contributed by atoms with Crippen LogP contribution in [0.25, 0.3) is 0 Å². The third-order valence-corrected chi connectivity index (χ3v) is 16.8. The van der Waals surface area contributed by atoms with Gasteiger partial charge in [-0.1, -0.05) is 78.7 Å². The highest BCUT2D eigenvalue weighted by Gasteiger charge is 2.64. The van der Waals surface area contributed by atoms with Gasteiger partial charge in [-0.15, -0.1) is 0 Å². The van der Waals surface area contributed by atoms with Gasteiger partial charge in [0, 0.05) is 70.0 Å². The van der Waals surface area contributed by atoms with Crippen LogP contribution < -0.4 is 42.0 Å². The number of methoxy groups -OCH3 is 2. The Labute approximate surface area is 519 Å². The highest BCUT2D eigenvalue weighted by Crippen LogP contribution is 2.49. The predicted octanol–water partition coefficient (Wildman–Crippen LogP) is 6.30. The van der Waals surface area contributed by atoms with E-state index in [9.17, 15) is 43.5 Å². The Morgan fingerprint density at radius 2 is 1.78 bits per heavy atom. The van der Waals surface area contributed by atoms with Crippen molar-refractivity contribution < 1.29 is 80.7 Å². The van der Waals surface area contributed by atoms with Gasteiger partial charge >= 0.3 is 24.1 Å². The standard InChI is InChI=1S/C60H82BrClF2N8O15/c1-32(2)50(67-38(31-73)17-12-13-23-84-55(77)34(4)30-61)53(75)68-42(18-15-21-66-57(65)79)52(74)69-43-28-40(63)39(27-41(43)64)54(76)72(9)36(6)56(78)86-47-20-22-71(8)44-25-37(26-45(82-10)49(44)62)24-33(3)16-14-19-48(83-11)60(81)29-46(85-58(80)70-60)35(5)51-59(47,7)87-51/h14,16,19,25-28,31-32,35-36,38,42,46-48,50-51,67,81H,4,12-13,15,17-18,20-24,29-30H2,1-3,5-11H3,(H,68,75)(H,69,74)(H,70,80)(H3,65,66,79)/b19-14+,33-16+/t35-,36+,38?,42+,46+,47+,48-,50+,51+,59+,60+/m1/s1. The summed E-state index contributed by atoms with van der Waals surface area (Å²) >= 11 is 10.0. The number of benzene rings is 2. The number of hydrogen-bond acceptors (Lipinski definition) is 17. The Morgan fingerprint density at radius 1 is 1.07 bits per heavy atom. The number of allylic oxidation sites excluding steroid dienone is 3. The maximum Gasteiger partial charge on any atom is 0.409 e. The third kappa shape index (κ3) is 18.9. The lowest BCUT2D eigenvalue weighted by atomic mass is 9.83. The van der Waals surface area contributed by atoms with Crippen LogP contribution >= 0.6 is 27.5 Å². The maximum absolute atomic E-state index is 16.2. The Morgan fingerprint density at radius 3 is 2.43 bits per heavy atom. The minimum Gasteiger partial charge on any atom is -0.495 e. The highest BCUT2D eigenvalue weighted by molar-refractivity contribution is 9.09. The van der Waals surface area contributed by atoms with Gasteiger partial charge in [-0.25, -0.2) is 28.0 Å². The third-order valence-electron chi connectivity index (χ3n) is 15.7. The number of likely N-dealkylation sites (N-methyl/N-ethyl adjacent to an activating group) is 1. The fourth-order valence-corrected chi connectivity index (χ4v) is 10.9. The van der Waals surface area contributed by atoms with E-state index in [1.165, 1.54) is 28.2 Å².